The van der Waals surface area contributed by atoms with Crippen molar-refractivity contribution in [3.05, 3.63) is 0 Å². The molecule has 5 nitrogen and oxygen atoms in total. The quantitative estimate of drug-likeness (QED) is 0.506. The van der Waals surface area contributed by atoms with Crippen LogP contribution in [-0.2, 0) is 9.47 Å². The maximum atomic E-state index is 9.90. The Bertz CT molecular complexity index is 249. The van der Waals surface area contributed by atoms with E-state index in [2.05, 4.69) is 6.92 Å². The predicted molar refractivity (Wildman–Crippen MR) is 81.2 cm³/mol. The van der Waals surface area contributed by atoms with Gasteiger partial charge in [0, 0.05) is 6.61 Å². The van der Waals surface area contributed by atoms with Crippen molar-refractivity contribution >= 4 is 0 Å². The molecule has 126 valence electrons. The molecular formula is C16H32O5. The summed E-state index contributed by atoms with van der Waals surface area (Å²) in [6.07, 6.45) is 6.63. The molecule has 0 aromatic heterocycles. The van der Waals surface area contributed by atoms with Crippen LogP contribution in [0.1, 0.15) is 58.3 Å². The lowest BCUT2D eigenvalue weighted by Crippen LogP contribution is -2.55. The molecule has 1 aliphatic heterocycles. The lowest BCUT2D eigenvalue weighted by molar-refractivity contribution is -0.208. The first-order chi connectivity index (χ1) is 10.2. The zero-order valence-corrected chi connectivity index (χ0v) is 13.2. The standard InChI is InChI=1S/C16H32O5/c1-2-3-4-5-6-7-8-9-10-20-14-12-21-13(11-17)15(18)16(14)19/h13-19H,2-12H2,1H3/t13-,14+,15-,16-/m1/s1. The third-order valence-electron chi connectivity index (χ3n) is 4.10. The van der Waals surface area contributed by atoms with E-state index in [0.29, 0.717) is 6.61 Å². The van der Waals surface area contributed by atoms with Gasteiger partial charge in [-0.3, -0.25) is 0 Å². The van der Waals surface area contributed by atoms with Gasteiger partial charge < -0.3 is 24.8 Å². The summed E-state index contributed by atoms with van der Waals surface area (Å²) < 4.78 is 10.9. The van der Waals surface area contributed by atoms with Crippen LogP contribution in [0.4, 0.5) is 0 Å². The molecule has 0 radical (unpaired) electrons. The summed E-state index contributed by atoms with van der Waals surface area (Å²) in [4.78, 5) is 0. The number of aliphatic hydroxyl groups is 3. The second-order valence-electron chi connectivity index (χ2n) is 5.92. The molecular weight excluding hydrogens is 272 g/mol. The van der Waals surface area contributed by atoms with Crippen molar-refractivity contribution in [2.24, 2.45) is 0 Å². The minimum absolute atomic E-state index is 0.223. The molecule has 0 saturated carbocycles. The van der Waals surface area contributed by atoms with E-state index in [-0.39, 0.29) is 13.2 Å². The molecule has 1 fully saturated rings. The number of rotatable bonds is 11. The van der Waals surface area contributed by atoms with Crippen LogP contribution in [0.25, 0.3) is 0 Å². The molecule has 1 saturated heterocycles. The molecule has 5 heteroatoms. The fraction of sp³-hybridized carbons (Fsp3) is 1.00. The molecule has 0 bridgehead atoms. The summed E-state index contributed by atoms with van der Waals surface area (Å²) in [5, 5.41) is 28.6. The Balaban J connectivity index is 2.00. The molecule has 0 aromatic rings. The fourth-order valence-corrected chi connectivity index (χ4v) is 2.63. The molecule has 4 atom stereocenters. The minimum atomic E-state index is -1.08. The first-order valence-electron chi connectivity index (χ1n) is 8.40. The number of aliphatic hydroxyl groups excluding tert-OH is 3. The van der Waals surface area contributed by atoms with E-state index in [1.807, 2.05) is 0 Å². The van der Waals surface area contributed by atoms with E-state index in [9.17, 15) is 10.2 Å². The van der Waals surface area contributed by atoms with Gasteiger partial charge >= 0.3 is 0 Å². The molecule has 1 aliphatic rings. The fourth-order valence-electron chi connectivity index (χ4n) is 2.63. The summed E-state index contributed by atoms with van der Waals surface area (Å²) in [6.45, 7) is 2.74. The number of unbranched alkanes of at least 4 members (excludes halogenated alkanes) is 7. The van der Waals surface area contributed by atoms with Gasteiger partial charge in [-0.05, 0) is 6.42 Å². The zero-order valence-electron chi connectivity index (χ0n) is 13.2. The Morgan fingerprint density at radius 2 is 1.57 bits per heavy atom. The SMILES string of the molecule is CCCCCCCCCCO[C@H]1CO[C@H](CO)[C@@H](O)[C@@H]1O. The van der Waals surface area contributed by atoms with Crippen molar-refractivity contribution < 1.29 is 24.8 Å². The molecule has 1 rings (SSSR count). The lowest BCUT2D eigenvalue weighted by atomic mass is 10.0. The molecule has 0 spiro atoms. The highest BCUT2D eigenvalue weighted by Gasteiger charge is 2.38. The Labute approximate surface area is 128 Å². The Morgan fingerprint density at radius 1 is 0.952 bits per heavy atom. The summed E-state index contributed by atoms with van der Waals surface area (Å²) in [5.74, 6) is 0. The van der Waals surface area contributed by atoms with E-state index >= 15 is 0 Å². The van der Waals surface area contributed by atoms with Gasteiger partial charge in [-0.15, -0.1) is 0 Å². The highest BCUT2D eigenvalue weighted by molar-refractivity contribution is 4.87. The number of hydrogen-bond donors (Lipinski definition) is 3. The van der Waals surface area contributed by atoms with Gasteiger partial charge in [0.2, 0.25) is 0 Å². The van der Waals surface area contributed by atoms with Crippen LogP contribution in [-0.4, -0.2) is 59.6 Å². The van der Waals surface area contributed by atoms with Crippen molar-refractivity contribution in [2.45, 2.75) is 82.7 Å². The molecule has 1 heterocycles. The first kappa shape index (κ1) is 18.8. The van der Waals surface area contributed by atoms with Crippen LogP contribution in [0, 0.1) is 0 Å². The summed E-state index contributed by atoms with van der Waals surface area (Å²) in [7, 11) is 0. The largest absolute Gasteiger partial charge is 0.394 e. The van der Waals surface area contributed by atoms with Crippen molar-refractivity contribution in [3.63, 3.8) is 0 Å². The van der Waals surface area contributed by atoms with Crippen molar-refractivity contribution in [1.29, 1.82) is 0 Å². The van der Waals surface area contributed by atoms with E-state index in [1.54, 1.807) is 0 Å². The third-order valence-corrected chi connectivity index (χ3v) is 4.10. The molecule has 0 aromatic carbocycles. The topological polar surface area (TPSA) is 79.2 Å². The average Bonchev–Trinajstić information content (AvgIpc) is 2.50. The van der Waals surface area contributed by atoms with Crippen LogP contribution in [0.15, 0.2) is 0 Å². The summed E-state index contributed by atoms with van der Waals surface area (Å²) >= 11 is 0. The normalized spacial score (nSPS) is 29.7. The van der Waals surface area contributed by atoms with Crippen LogP contribution in [0.5, 0.6) is 0 Å². The van der Waals surface area contributed by atoms with Crippen LogP contribution >= 0.6 is 0 Å². The van der Waals surface area contributed by atoms with Crippen molar-refractivity contribution in [1.82, 2.24) is 0 Å². The third kappa shape index (κ3) is 7.06. The van der Waals surface area contributed by atoms with Gasteiger partial charge in [0.1, 0.15) is 24.4 Å². The van der Waals surface area contributed by atoms with Gasteiger partial charge in [-0.2, -0.15) is 0 Å². The molecule has 0 unspecified atom stereocenters. The highest BCUT2D eigenvalue weighted by Crippen LogP contribution is 2.18. The van der Waals surface area contributed by atoms with Crippen LogP contribution in [0.3, 0.4) is 0 Å². The van der Waals surface area contributed by atoms with Gasteiger partial charge in [0.25, 0.3) is 0 Å². The Hall–Kier alpha value is -0.200. The van der Waals surface area contributed by atoms with Crippen LogP contribution in [0.2, 0.25) is 0 Å². The average molecular weight is 304 g/mol. The van der Waals surface area contributed by atoms with Crippen molar-refractivity contribution in [3.8, 4) is 0 Å². The Morgan fingerprint density at radius 3 is 2.19 bits per heavy atom. The summed E-state index contributed by atoms with van der Waals surface area (Å²) in [5.41, 5.74) is 0. The monoisotopic (exact) mass is 304 g/mol. The van der Waals surface area contributed by atoms with Crippen LogP contribution < -0.4 is 0 Å². The number of ether oxygens (including phenoxy) is 2. The molecule has 21 heavy (non-hydrogen) atoms. The van der Waals surface area contributed by atoms with Gasteiger partial charge in [0.05, 0.1) is 13.2 Å². The minimum Gasteiger partial charge on any atom is -0.394 e. The maximum absolute atomic E-state index is 9.90. The van der Waals surface area contributed by atoms with E-state index in [0.717, 1.165) is 12.8 Å². The Kier molecular flexibility index (Phi) is 10.2. The number of hydrogen-bond acceptors (Lipinski definition) is 5. The zero-order chi connectivity index (χ0) is 15.5. The maximum Gasteiger partial charge on any atom is 0.111 e. The lowest BCUT2D eigenvalue weighted by Gasteiger charge is -2.36. The van der Waals surface area contributed by atoms with E-state index in [4.69, 9.17) is 14.6 Å². The molecule has 0 amide bonds. The van der Waals surface area contributed by atoms with Gasteiger partial charge in [0.15, 0.2) is 0 Å². The van der Waals surface area contributed by atoms with E-state index in [1.165, 1.54) is 38.5 Å². The smallest absolute Gasteiger partial charge is 0.111 e. The molecule has 3 N–H and O–H groups in total. The van der Waals surface area contributed by atoms with E-state index < -0.39 is 24.4 Å². The van der Waals surface area contributed by atoms with Gasteiger partial charge in [-0.25, -0.2) is 0 Å². The predicted octanol–water partition coefficient (Wildman–Crippen LogP) is 1.63. The second kappa shape index (κ2) is 11.4. The molecule has 0 aliphatic carbocycles. The van der Waals surface area contributed by atoms with Gasteiger partial charge in [-0.1, -0.05) is 51.9 Å². The second-order valence-corrected chi connectivity index (χ2v) is 5.92. The highest BCUT2D eigenvalue weighted by atomic mass is 16.6. The summed E-state index contributed by atoms with van der Waals surface area (Å²) in [6, 6.07) is 0. The van der Waals surface area contributed by atoms with Crippen molar-refractivity contribution in [2.75, 3.05) is 19.8 Å². The first-order valence-corrected chi connectivity index (χ1v) is 8.40.